The molecule has 0 bridgehead atoms. The summed E-state index contributed by atoms with van der Waals surface area (Å²) in [4.78, 5) is 13.0. The normalized spacial score (nSPS) is 27.0. The van der Waals surface area contributed by atoms with Crippen LogP contribution in [0.3, 0.4) is 0 Å². The molecule has 1 aliphatic rings. The molecule has 0 aromatic carbocycles. The minimum Gasteiger partial charge on any atom is -0.480 e. The third-order valence-electron chi connectivity index (χ3n) is 1.66. The SMILES string of the molecule is Cl.[N-]=[N+]=NC1CCNC1C(=O)O. The smallest absolute Gasteiger partial charge is 0.321 e. The van der Waals surface area contributed by atoms with E-state index < -0.39 is 18.1 Å². The van der Waals surface area contributed by atoms with Crippen LogP contribution in [0, 0.1) is 0 Å². The molecule has 2 unspecified atom stereocenters. The predicted molar refractivity (Wildman–Crippen MR) is 44.2 cm³/mol. The fourth-order valence-corrected chi connectivity index (χ4v) is 1.13. The fourth-order valence-electron chi connectivity index (χ4n) is 1.13. The molecule has 12 heavy (non-hydrogen) atoms. The lowest BCUT2D eigenvalue weighted by Gasteiger charge is -2.07. The van der Waals surface area contributed by atoms with E-state index in [0.29, 0.717) is 13.0 Å². The van der Waals surface area contributed by atoms with Gasteiger partial charge in [-0.25, -0.2) is 0 Å². The summed E-state index contributed by atoms with van der Waals surface area (Å²) in [7, 11) is 0. The first kappa shape index (κ1) is 11.0. The van der Waals surface area contributed by atoms with Crippen molar-refractivity contribution in [1.82, 2.24) is 5.32 Å². The first-order chi connectivity index (χ1) is 5.25. The van der Waals surface area contributed by atoms with Crippen LogP contribution < -0.4 is 5.32 Å². The highest BCUT2D eigenvalue weighted by Crippen LogP contribution is 2.11. The maximum Gasteiger partial charge on any atom is 0.321 e. The van der Waals surface area contributed by atoms with Crippen LogP contribution in [0.25, 0.3) is 10.4 Å². The Bertz CT molecular complexity index is 207. The van der Waals surface area contributed by atoms with Crippen LogP contribution in [-0.2, 0) is 4.79 Å². The zero-order valence-electron chi connectivity index (χ0n) is 6.17. The van der Waals surface area contributed by atoms with Gasteiger partial charge in [-0.1, -0.05) is 5.11 Å². The molecule has 0 saturated carbocycles. The lowest BCUT2D eigenvalue weighted by atomic mass is 10.1. The van der Waals surface area contributed by atoms with Crippen molar-refractivity contribution in [2.45, 2.75) is 18.5 Å². The van der Waals surface area contributed by atoms with Gasteiger partial charge in [-0.3, -0.25) is 4.79 Å². The van der Waals surface area contributed by atoms with Gasteiger partial charge in [0.1, 0.15) is 6.04 Å². The molecule has 1 fully saturated rings. The standard InChI is InChI=1S/C5H8N4O2.ClH/c6-9-8-3-1-2-7-4(3)5(10)11;/h3-4,7H,1-2H2,(H,10,11);1H. The summed E-state index contributed by atoms with van der Waals surface area (Å²) in [5.74, 6) is -0.958. The summed E-state index contributed by atoms with van der Waals surface area (Å²) < 4.78 is 0. The average molecular weight is 193 g/mol. The van der Waals surface area contributed by atoms with Crippen LogP contribution >= 0.6 is 12.4 Å². The van der Waals surface area contributed by atoms with Crippen LogP contribution in [-0.4, -0.2) is 29.7 Å². The molecule has 6 nitrogen and oxygen atoms in total. The Kier molecular flexibility index (Phi) is 4.43. The Morgan fingerprint density at radius 1 is 1.75 bits per heavy atom. The number of carboxylic acids is 1. The number of rotatable bonds is 2. The van der Waals surface area contributed by atoms with Crippen molar-refractivity contribution >= 4 is 18.4 Å². The van der Waals surface area contributed by atoms with Gasteiger partial charge < -0.3 is 10.4 Å². The van der Waals surface area contributed by atoms with E-state index in [1.54, 1.807) is 0 Å². The number of azide groups is 1. The van der Waals surface area contributed by atoms with Gasteiger partial charge in [0.05, 0.1) is 6.04 Å². The summed E-state index contributed by atoms with van der Waals surface area (Å²) in [6.45, 7) is 0.598. The molecule has 1 aliphatic heterocycles. The molecular weight excluding hydrogens is 184 g/mol. The second-order valence-corrected chi connectivity index (χ2v) is 2.33. The van der Waals surface area contributed by atoms with E-state index in [0.717, 1.165) is 0 Å². The second kappa shape index (κ2) is 4.82. The summed E-state index contributed by atoms with van der Waals surface area (Å²) >= 11 is 0. The number of nitrogens with one attached hydrogen (secondary N) is 1. The van der Waals surface area contributed by atoms with Gasteiger partial charge in [-0.05, 0) is 18.5 Å². The molecule has 0 aliphatic carbocycles. The van der Waals surface area contributed by atoms with Crippen LogP contribution in [0.2, 0.25) is 0 Å². The molecule has 0 aromatic heterocycles. The van der Waals surface area contributed by atoms with E-state index >= 15 is 0 Å². The minimum atomic E-state index is -0.958. The van der Waals surface area contributed by atoms with Gasteiger partial charge >= 0.3 is 5.97 Å². The molecule has 0 amide bonds. The minimum absolute atomic E-state index is 0. The van der Waals surface area contributed by atoms with Crippen molar-refractivity contribution in [2.75, 3.05) is 6.54 Å². The molecule has 0 spiro atoms. The van der Waals surface area contributed by atoms with Crippen molar-refractivity contribution < 1.29 is 9.90 Å². The Morgan fingerprint density at radius 2 is 2.42 bits per heavy atom. The van der Waals surface area contributed by atoms with Crippen molar-refractivity contribution in [3.63, 3.8) is 0 Å². The molecule has 7 heteroatoms. The second-order valence-electron chi connectivity index (χ2n) is 2.33. The molecule has 68 valence electrons. The van der Waals surface area contributed by atoms with Crippen molar-refractivity contribution in [3.8, 4) is 0 Å². The van der Waals surface area contributed by atoms with Crippen LogP contribution in [0.1, 0.15) is 6.42 Å². The van der Waals surface area contributed by atoms with Crippen molar-refractivity contribution in [2.24, 2.45) is 5.11 Å². The number of hydrogen-bond acceptors (Lipinski definition) is 3. The number of hydrogen-bond donors (Lipinski definition) is 2. The van der Waals surface area contributed by atoms with E-state index in [1.165, 1.54) is 0 Å². The average Bonchev–Trinajstić information content (AvgIpc) is 2.36. The third-order valence-corrected chi connectivity index (χ3v) is 1.66. The quantitative estimate of drug-likeness (QED) is 0.379. The lowest BCUT2D eigenvalue weighted by Crippen LogP contribution is -2.37. The van der Waals surface area contributed by atoms with Gasteiger partial charge in [-0.2, -0.15) is 0 Å². The molecule has 1 heterocycles. The Labute approximate surface area is 75.0 Å². The van der Waals surface area contributed by atoms with Crippen molar-refractivity contribution in [3.05, 3.63) is 10.4 Å². The molecule has 1 rings (SSSR count). The zero-order chi connectivity index (χ0) is 8.27. The number of carboxylic acid groups (broad SMARTS) is 1. The Morgan fingerprint density at radius 3 is 2.92 bits per heavy atom. The highest BCUT2D eigenvalue weighted by Gasteiger charge is 2.31. The summed E-state index contributed by atoms with van der Waals surface area (Å²) in [5, 5.41) is 14.7. The van der Waals surface area contributed by atoms with Crippen LogP contribution in [0.5, 0.6) is 0 Å². The van der Waals surface area contributed by atoms with Gasteiger partial charge in [-0.15, -0.1) is 12.4 Å². The molecule has 1 saturated heterocycles. The van der Waals surface area contributed by atoms with Gasteiger partial charge in [0.25, 0.3) is 0 Å². The highest BCUT2D eigenvalue weighted by atomic mass is 35.5. The fraction of sp³-hybridized carbons (Fsp3) is 0.800. The Hall–Kier alpha value is -0.970. The molecule has 0 radical (unpaired) electrons. The topological polar surface area (TPSA) is 98.1 Å². The number of halogens is 1. The molecular formula is C5H9ClN4O2. The van der Waals surface area contributed by atoms with E-state index in [9.17, 15) is 4.79 Å². The Balaban J connectivity index is 0.00000121. The third kappa shape index (κ3) is 2.27. The maximum atomic E-state index is 10.4. The van der Waals surface area contributed by atoms with E-state index in [1.807, 2.05) is 0 Å². The molecule has 2 atom stereocenters. The predicted octanol–water partition coefficient (Wildman–Crippen LogP) is 0.534. The first-order valence-electron chi connectivity index (χ1n) is 3.26. The van der Waals surface area contributed by atoms with Crippen LogP contribution in [0.4, 0.5) is 0 Å². The lowest BCUT2D eigenvalue weighted by molar-refractivity contribution is -0.139. The summed E-state index contributed by atoms with van der Waals surface area (Å²) in [6, 6.07) is -1.14. The van der Waals surface area contributed by atoms with Crippen LogP contribution in [0.15, 0.2) is 5.11 Å². The van der Waals surface area contributed by atoms with Gasteiger partial charge in [0.2, 0.25) is 0 Å². The number of carbonyl (C=O) groups is 1. The van der Waals surface area contributed by atoms with Crippen molar-refractivity contribution in [1.29, 1.82) is 0 Å². The number of aliphatic carboxylic acids is 1. The van der Waals surface area contributed by atoms with Gasteiger partial charge in [0, 0.05) is 4.91 Å². The molecule has 2 N–H and O–H groups in total. The molecule has 0 aromatic rings. The highest BCUT2D eigenvalue weighted by molar-refractivity contribution is 5.85. The zero-order valence-corrected chi connectivity index (χ0v) is 6.99. The van der Waals surface area contributed by atoms with E-state index in [4.69, 9.17) is 10.6 Å². The maximum absolute atomic E-state index is 10.4. The van der Waals surface area contributed by atoms with Gasteiger partial charge in [0.15, 0.2) is 0 Å². The van der Waals surface area contributed by atoms with E-state index in [-0.39, 0.29) is 12.4 Å². The largest absolute Gasteiger partial charge is 0.480 e. The summed E-state index contributed by atoms with van der Waals surface area (Å²) in [5.41, 5.74) is 8.06. The van der Waals surface area contributed by atoms with E-state index in [2.05, 4.69) is 15.3 Å². The number of nitrogens with zero attached hydrogens (tertiary/aromatic N) is 3. The summed E-state index contributed by atoms with van der Waals surface area (Å²) in [6.07, 6.45) is 0.598. The first-order valence-corrected chi connectivity index (χ1v) is 3.26. The monoisotopic (exact) mass is 192 g/mol.